The summed E-state index contributed by atoms with van der Waals surface area (Å²) < 4.78 is 5.25. The predicted octanol–water partition coefficient (Wildman–Crippen LogP) is 2.05. The molecule has 0 unspecified atom stereocenters. The largest absolute Gasteiger partial charge is 0.486 e. The van der Waals surface area contributed by atoms with E-state index in [2.05, 4.69) is 4.98 Å². The SMILES string of the molecule is CC(=O)CCCOc1ccc(C)nc1[N+](=O)[O-]. The van der Waals surface area contributed by atoms with E-state index in [-0.39, 0.29) is 24.0 Å². The van der Waals surface area contributed by atoms with Crippen molar-refractivity contribution in [3.63, 3.8) is 0 Å². The molecule has 0 saturated carbocycles. The lowest BCUT2D eigenvalue weighted by Crippen LogP contribution is -2.04. The minimum Gasteiger partial charge on any atom is -0.486 e. The normalized spacial score (nSPS) is 10.0. The molecule has 0 spiro atoms. The Labute approximate surface area is 98.8 Å². The molecule has 0 aliphatic rings. The number of rotatable bonds is 6. The van der Waals surface area contributed by atoms with Gasteiger partial charge in [0, 0.05) is 13.3 Å². The Morgan fingerprint density at radius 1 is 1.53 bits per heavy atom. The number of ether oxygens (including phenoxy) is 1. The van der Waals surface area contributed by atoms with Crippen molar-refractivity contribution in [3.05, 3.63) is 27.9 Å². The third-order valence-corrected chi connectivity index (χ3v) is 2.08. The van der Waals surface area contributed by atoms with Crippen molar-refractivity contribution in [2.45, 2.75) is 26.7 Å². The van der Waals surface area contributed by atoms with Gasteiger partial charge in [-0.15, -0.1) is 0 Å². The smallest absolute Gasteiger partial charge is 0.406 e. The van der Waals surface area contributed by atoms with Crippen LogP contribution >= 0.6 is 0 Å². The molecule has 6 heteroatoms. The quantitative estimate of drug-likeness (QED) is 0.430. The topological polar surface area (TPSA) is 82.3 Å². The van der Waals surface area contributed by atoms with Gasteiger partial charge in [-0.3, -0.25) is 0 Å². The molecular weight excluding hydrogens is 224 g/mol. The maximum atomic E-state index is 10.7. The number of carbonyl (C=O) groups is 1. The Balaban J connectivity index is 2.64. The lowest BCUT2D eigenvalue weighted by atomic mass is 10.2. The minimum atomic E-state index is -0.576. The number of nitrogens with zero attached hydrogens (tertiary/aromatic N) is 2. The average Bonchev–Trinajstić information content (AvgIpc) is 2.25. The lowest BCUT2D eigenvalue weighted by Gasteiger charge is -2.05. The van der Waals surface area contributed by atoms with E-state index in [1.807, 2.05) is 0 Å². The average molecular weight is 238 g/mol. The summed E-state index contributed by atoms with van der Waals surface area (Å²) in [4.78, 5) is 24.6. The van der Waals surface area contributed by atoms with Gasteiger partial charge in [0.25, 0.3) is 0 Å². The standard InChI is InChI=1S/C11H14N2O4/c1-8-5-6-10(11(12-8)13(15)16)17-7-3-4-9(2)14/h5-6H,3-4,7H2,1-2H3. The van der Waals surface area contributed by atoms with Crippen LogP contribution in [0.1, 0.15) is 25.5 Å². The summed E-state index contributed by atoms with van der Waals surface area (Å²) in [7, 11) is 0. The van der Waals surface area contributed by atoms with Crippen molar-refractivity contribution < 1.29 is 14.5 Å². The predicted molar refractivity (Wildman–Crippen MR) is 61.0 cm³/mol. The van der Waals surface area contributed by atoms with Crippen LogP contribution < -0.4 is 4.74 Å². The number of hydrogen-bond donors (Lipinski definition) is 0. The van der Waals surface area contributed by atoms with Gasteiger partial charge in [-0.05, 0) is 35.4 Å². The Bertz CT molecular complexity index is 431. The van der Waals surface area contributed by atoms with Crippen LogP contribution in [0.3, 0.4) is 0 Å². The zero-order chi connectivity index (χ0) is 12.8. The molecule has 0 aliphatic carbocycles. The summed E-state index contributed by atoms with van der Waals surface area (Å²) in [5.74, 6) is -0.0675. The van der Waals surface area contributed by atoms with Gasteiger partial charge in [0.15, 0.2) is 0 Å². The van der Waals surface area contributed by atoms with Crippen LogP contribution in [0.4, 0.5) is 5.82 Å². The second-order valence-corrected chi connectivity index (χ2v) is 3.69. The third-order valence-electron chi connectivity index (χ3n) is 2.08. The van der Waals surface area contributed by atoms with E-state index in [1.54, 1.807) is 13.0 Å². The second kappa shape index (κ2) is 5.93. The van der Waals surface area contributed by atoms with Crippen molar-refractivity contribution in [2.24, 2.45) is 0 Å². The monoisotopic (exact) mass is 238 g/mol. The number of aryl methyl sites for hydroxylation is 1. The van der Waals surface area contributed by atoms with Crippen molar-refractivity contribution in [1.82, 2.24) is 4.98 Å². The summed E-state index contributed by atoms with van der Waals surface area (Å²) in [6.07, 6.45) is 0.952. The highest BCUT2D eigenvalue weighted by Gasteiger charge is 2.17. The van der Waals surface area contributed by atoms with Crippen LogP contribution in [0.15, 0.2) is 12.1 Å². The molecule has 1 heterocycles. The molecule has 0 N–H and O–H groups in total. The zero-order valence-electron chi connectivity index (χ0n) is 9.80. The van der Waals surface area contributed by atoms with Gasteiger partial charge in [-0.2, -0.15) is 0 Å². The van der Waals surface area contributed by atoms with E-state index in [1.165, 1.54) is 13.0 Å². The van der Waals surface area contributed by atoms with Gasteiger partial charge >= 0.3 is 5.82 Å². The number of Topliss-reactive ketones (excluding diaryl/α,β-unsaturated/α-hetero) is 1. The highest BCUT2D eigenvalue weighted by molar-refractivity contribution is 5.75. The highest BCUT2D eigenvalue weighted by atomic mass is 16.6. The molecule has 0 radical (unpaired) electrons. The van der Waals surface area contributed by atoms with Gasteiger partial charge in [-0.1, -0.05) is 0 Å². The van der Waals surface area contributed by atoms with Crippen LogP contribution in [-0.2, 0) is 4.79 Å². The maximum absolute atomic E-state index is 10.7. The fourth-order valence-corrected chi connectivity index (χ4v) is 1.28. The van der Waals surface area contributed by atoms with E-state index in [4.69, 9.17) is 4.74 Å². The molecule has 0 bridgehead atoms. The van der Waals surface area contributed by atoms with E-state index < -0.39 is 4.92 Å². The van der Waals surface area contributed by atoms with Crippen molar-refractivity contribution in [2.75, 3.05) is 6.61 Å². The fourth-order valence-electron chi connectivity index (χ4n) is 1.28. The molecule has 0 amide bonds. The Kier molecular flexibility index (Phi) is 4.56. The molecule has 0 aromatic carbocycles. The minimum absolute atomic E-state index is 0.0742. The van der Waals surface area contributed by atoms with Gasteiger partial charge in [0.1, 0.15) is 11.5 Å². The van der Waals surface area contributed by atoms with Crippen LogP contribution in [0.2, 0.25) is 0 Å². The molecule has 1 aromatic rings. The molecule has 1 rings (SSSR count). The van der Waals surface area contributed by atoms with Crippen molar-refractivity contribution >= 4 is 11.6 Å². The first-order valence-electron chi connectivity index (χ1n) is 5.25. The fraction of sp³-hybridized carbons (Fsp3) is 0.455. The lowest BCUT2D eigenvalue weighted by molar-refractivity contribution is -0.390. The van der Waals surface area contributed by atoms with Crippen molar-refractivity contribution in [3.8, 4) is 5.75 Å². The second-order valence-electron chi connectivity index (χ2n) is 3.69. The summed E-state index contributed by atoms with van der Waals surface area (Å²) in [5, 5.41) is 10.7. The molecule has 0 atom stereocenters. The van der Waals surface area contributed by atoms with Crippen molar-refractivity contribution in [1.29, 1.82) is 0 Å². The molecule has 92 valence electrons. The zero-order valence-corrected chi connectivity index (χ0v) is 9.80. The molecule has 6 nitrogen and oxygen atoms in total. The molecule has 0 saturated heterocycles. The summed E-state index contributed by atoms with van der Waals surface area (Å²) >= 11 is 0. The van der Waals surface area contributed by atoms with Crippen LogP contribution in [0.5, 0.6) is 5.75 Å². The number of ketones is 1. The van der Waals surface area contributed by atoms with Gasteiger partial charge in [-0.25, -0.2) is 0 Å². The van der Waals surface area contributed by atoms with E-state index in [0.29, 0.717) is 18.5 Å². The summed E-state index contributed by atoms with van der Waals surface area (Å²) in [6.45, 7) is 3.44. The van der Waals surface area contributed by atoms with E-state index >= 15 is 0 Å². The Morgan fingerprint density at radius 3 is 2.82 bits per heavy atom. The maximum Gasteiger partial charge on any atom is 0.406 e. The van der Waals surface area contributed by atoms with Crippen LogP contribution in [0, 0.1) is 17.0 Å². The summed E-state index contributed by atoms with van der Waals surface area (Å²) in [6, 6.07) is 3.17. The number of pyridine rings is 1. The molecule has 17 heavy (non-hydrogen) atoms. The first-order valence-corrected chi connectivity index (χ1v) is 5.25. The van der Waals surface area contributed by atoms with Gasteiger partial charge in [0.05, 0.1) is 6.61 Å². The van der Waals surface area contributed by atoms with Crippen LogP contribution in [-0.4, -0.2) is 22.3 Å². The molecular formula is C11H14N2O4. The Hall–Kier alpha value is -1.98. The molecule has 0 fully saturated rings. The third kappa shape index (κ3) is 4.18. The first kappa shape index (κ1) is 13.1. The number of carbonyl (C=O) groups excluding carboxylic acids is 1. The van der Waals surface area contributed by atoms with Gasteiger partial charge < -0.3 is 19.6 Å². The number of nitro groups is 1. The van der Waals surface area contributed by atoms with Gasteiger partial charge in [0.2, 0.25) is 5.75 Å². The number of hydrogen-bond acceptors (Lipinski definition) is 5. The van der Waals surface area contributed by atoms with E-state index in [9.17, 15) is 14.9 Å². The van der Waals surface area contributed by atoms with E-state index in [0.717, 1.165) is 0 Å². The summed E-state index contributed by atoms with van der Waals surface area (Å²) in [5.41, 5.74) is 0.563. The first-order chi connectivity index (χ1) is 8.00. The molecule has 0 aliphatic heterocycles. The highest BCUT2D eigenvalue weighted by Crippen LogP contribution is 2.24. The molecule has 1 aromatic heterocycles. The van der Waals surface area contributed by atoms with Crippen LogP contribution in [0.25, 0.3) is 0 Å². The number of aromatic nitrogens is 1. The Morgan fingerprint density at radius 2 is 2.24 bits per heavy atom.